The van der Waals surface area contributed by atoms with E-state index in [2.05, 4.69) is 5.16 Å². The van der Waals surface area contributed by atoms with Crippen molar-refractivity contribution in [3.8, 4) is 0 Å². The zero-order valence-corrected chi connectivity index (χ0v) is 8.02. The van der Waals surface area contributed by atoms with E-state index in [1.165, 1.54) is 19.1 Å². The van der Waals surface area contributed by atoms with Gasteiger partial charge in [-0.25, -0.2) is 0 Å². The third-order valence-corrected chi connectivity index (χ3v) is 2.03. The van der Waals surface area contributed by atoms with E-state index in [9.17, 15) is 10.1 Å². The summed E-state index contributed by atoms with van der Waals surface area (Å²) in [6.07, 6.45) is 0. The van der Waals surface area contributed by atoms with E-state index in [4.69, 9.17) is 16.8 Å². The molecule has 0 aliphatic rings. The molecule has 1 rings (SSSR count). The van der Waals surface area contributed by atoms with Crippen LogP contribution in [0.5, 0.6) is 0 Å². The highest BCUT2D eigenvalue weighted by atomic mass is 35.5. The SMILES string of the molecule is C/C(=N\O)c1ccc(Cl)c([N+](=O)[O-])c1. The summed E-state index contributed by atoms with van der Waals surface area (Å²) in [5.41, 5.74) is 0.556. The van der Waals surface area contributed by atoms with E-state index in [1.807, 2.05) is 0 Å². The van der Waals surface area contributed by atoms with Crippen LogP contribution in [-0.4, -0.2) is 15.8 Å². The van der Waals surface area contributed by atoms with Crippen LogP contribution in [0.15, 0.2) is 23.4 Å². The van der Waals surface area contributed by atoms with Crippen LogP contribution in [0.3, 0.4) is 0 Å². The molecule has 1 N–H and O–H groups in total. The average molecular weight is 215 g/mol. The Kier molecular flexibility index (Phi) is 3.03. The number of nitrogens with zero attached hydrogens (tertiary/aromatic N) is 2. The van der Waals surface area contributed by atoms with Gasteiger partial charge in [-0.2, -0.15) is 0 Å². The van der Waals surface area contributed by atoms with E-state index >= 15 is 0 Å². The van der Waals surface area contributed by atoms with Crippen LogP contribution < -0.4 is 0 Å². The maximum atomic E-state index is 10.5. The number of benzene rings is 1. The molecule has 1 aromatic rings. The van der Waals surface area contributed by atoms with Crippen molar-refractivity contribution in [1.29, 1.82) is 0 Å². The molecule has 0 amide bonds. The van der Waals surface area contributed by atoms with Crippen LogP contribution in [0.1, 0.15) is 12.5 Å². The molecular weight excluding hydrogens is 208 g/mol. The van der Waals surface area contributed by atoms with Crippen molar-refractivity contribution in [3.05, 3.63) is 38.9 Å². The zero-order chi connectivity index (χ0) is 10.7. The highest BCUT2D eigenvalue weighted by Crippen LogP contribution is 2.25. The lowest BCUT2D eigenvalue weighted by atomic mass is 10.1. The van der Waals surface area contributed by atoms with E-state index in [-0.39, 0.29) is 10.7 Å². The molecule has 14 heavy (non-hydrogen) atoms. The molecule has 74 valence electrons. The standard InChI is InChI=1S/C8H7ClN2O3/c1-5(10-12)6-2-3-7(9)8(4-6)11(13)14/h2-4,12H,1H3/b10-5+. The molecule has 6 heteroatoms. The monoisotopic (exact) mass is 214 g/mol. The fourth-order valence-electron chi connectivity index (χ4n) is 0.935. The van der Waals surface area contributed by atoms with Crippen LogP contribution in [0.4, 0.5) is 5.69 Å². The quantitative estimate of drug-likeness (QED) is 0.356. The lowest BCUT2D eigenvalue weighted by Crippen LogP contribution is -1.97. The molecule has 0 saturated carbocycles. The topological polar surface area (TPSA) is 75.7 Å². The highest BCUT2D eigenvalue weighted by Gasteiger charge is 2.13. The summed E-state index contributed by atoms with van der Waals surface area (Å²) in [7, 11) is 0. The molecule has 0 aliphatic heterocycles. The van der Waals surface area contributed by atoms with Crippen LogP contribution in [0.2, 0.25) is 5.02 Å². The van der Waals surface area contributed by atoms with Crippen molar-refractivity contribution < 1.29 is 10.1 Å². The molecule has 0 radical (unpaired) electrons. The molecule has 0 saturated heterocycles. The number of halogens is 1. The summed E-state index contributed by atoms with van der Waals surface area (Å²) >= 11 is 5.60. The minimum absolute atomic E-state index is 0.0597. The first-order chi connectivity index (χ1) is 6.56. The summed E-state index contributed by atoms with van der Waals surface area (Å²) in [5.74, 6) is 0. The number of hydrogen-bond donors (Lipinski definition) is 1. The predicted molar refractivity (Wildman–Crippen MR) is 52.1 cm³/mol. The molecule has 0 spiro atoms. The van der Waals surface area contributed by atoms with Crippen molar-refractivity contribution in [2.45, 2.75) is 6.92 Å². The minimum atomic E-state index is -0.587. The van der Waals surface area contributed by atoms with Gasteiger partial charge in [0.1, 0.15) is 5.02 Å². The van der Waals surface area contributed by atoms with Crippen molar-refractivity contribution in [2.75, 3.05) is 0 Å². The fourth-order valence-corrected chi connectivity index (χ4v) is 1.12. The number of oxime groups is 1. The molecule has 0 unspecified atom stereocenters. The molecule has 0 aromatic heterocycles. The first-order valence-corrected chi connectivity index (χ1v) is 4.07. The van der Waals surface area contributed by atoms with Crippen molar-refractivity contribution in [1.82, 2.24) is 0 Å². The summed E-state index contributed by atoms with van der Waals surface area (Å²) in [5, 5.41) is 22.0. The number of rotatable bonds is 2. The number of nitro benzene ring substituents is 1. The van der Waals surface area contributed by atoms with E-state index < -0.39 is 4.92 Å². The molecule has 0 atom stereocenters. The zero-order valence-electron chi connectivity index (χ0n) is 7.27. The first kappa shape index (κ1) is 10.5. The smallest absolute Gasteiger partial charge is 0.288 e. The van der Waals surface area contributed by atoms with Gasteiger partial charge >= 0.3 is 0 Å². The molecule has 1 aromatic carbocycles. The Labute approximate surface area is 84.8 Å². The summed E-state index contributed by atoms with van der Waals surface area (Å²) in [4.78, 5) is 9.92. The van der Waals surface area contributed by atoms with E-state index in [0.29, 0.717) is 11.3 Å². The van der Waals surface area contributed by atoms with Gasteiger partial charge in [0.05, 0.1) is 10.6 Å². The lowest BCUT2D eigenvalue weighted by molar-refractivity contribution is -0.384. The number of hydrogen-bond acceptors (Lipinski definition) is 4. The Balaban J connectivity index is 3.26. The summed E-state index contributed by atoms with van der Waals surface area (Å²) in [6, 6.07) is 4.20. The average Bonchev–Trinajstić information content (AvgIpc) is 2.17. The van der Waals surface area contributed by atoms with Gasteiger partial charge in [-0.3, -0.25) is 10.1 Å². The van der Waals surface area contributed by atoms with Crippen LogP contribution >= 0.6 is 11.6 Å². The highest BCUT2D eigenvalue weighted by molar-refractivity contribution is 6.32. The second-order valence-electron chi connectivity index (χ2n) is 2.61. The maximum Gasteiger partial charge on any atom is 0.288 e. The second kappa shape index (κ2) is 4.06. The number of nitro groups is 1. The van der Waals surface area contributed by atoms with E-state index in [0.717, 1.165) is 0 Å². The third-order valence-electron chi connectivity index (χ3n) is 1.71. The lowest BCUT2D eigenvalue weighted by Gasteiger charge is -1.99. The molecule has 0 aliphatic carbocycles. The van der Waals surface area contributed by atoms with Crippen molar-refractivity contribution >= 4 is 23.0 Å². The van der Waals surface area contributed by atoms with Gasteiger partial charge in [0.2, 0.25) is 0 Å². The Morgan fingerprint density at radius 1 is 1.64 bits per heavy atom. The van der Waals surface area contributed by atoms with Crippen molar-refractivity contribution in [2.24, 2.45) is 5.16 Å². The maximum absolute atomic E-state index is 10.5. The van der Waals surface area contributed by atoms with Gasteiger partial charge in [-0.05, 0) is 13.0 Å². The molecule has 0 bridgehead atoms. The van der Waals surface area contributed by atoms with Gasteiger partial charge in [-0.1, -0.05) is 22.8 Å². The Bertz CT molecular complexity index is 404. The third kappa shape index (κ3) is 2.00. The molecule has 5 nitrogen and oxygen atoms in total. The summed E-state index contributed by atoms with van der Waals surface area (Å²) in [6.45, 7) is 1.53. The Hall–Kier alpha value is -1.62. The van der Waals surface area contributed by atoms with Crippen LogP contribution in [-0.2, 0) is 0 Å². The Morgan fingerprint density at radius 3 is 2.79 bits per heavy atom. The minimum Gasteiger partial charge on any atom is -0.411 e. The molecule has 0 heterocycles. The van der Waals surface area contributed by atoms with E-state index in [1.54, 1.807) is 6.07 Å². The van der Waals surface area contributed by atoms with Gasteiger partial charge in [-0.15, -0.1) is 0 Å². The second-order valence-corrected chi connectivity index (χ2v) is 3.02. The fraction of sp³-hybridized carbons (Fsp3) is 0.125. The summed E-state index contributed by atoms with van der Waals surface area (Å²) < 4.78 is 0. The first-order valence-electron chi connectivity index (χ1n) is 3.69. The largest absolute Gasteiger partial charge is 0.411 e. The molecular formula is C8H7ClN2O3. The van der Waals surface area contributed by atoms with Crippen molar-refractivity contribution in [3.63, 3.8) is 0 Å². The Morgan fingerprint density at radius 2 is 2.29 bits per heavy atom. The van der Waals surface area contributed by atoms with Gasteiger partial charge < -0.3 is 5.21 Å². The van der Waals surface area contributed by atoms with Crippen LogP contribution in [0.25, 0.3) is 0 Å². The normalized spacial score (nSPS) is 11.4. The van der Waals surface area contributed by atoms with Gasteiger partial charge in [0.25, 0.3) is 5.69 Å². The van der Waals surface area contributed by atoms with Gasteiger partial charge in [0, 0.05) is 11.6 Å². The van der Waals surface area contributed by atoms with Crippen LogP contribution in [0, 0.1) is 10.1 Å². The van der Waals surface area contributed by atoms with Gasteiger partial charge in [0.15, 0.2) is 0 Å². The molecule has 0 fully saturated rings. The predicted octanol–water partition coefficient (Wildman–Crippen LogP) is 2.45.